The summed E-state index contributed by atoms with van der Waals surface area (Å²) in [6.07, 6.45) is 3.50. The number of hydrogen-bond donors (Lipinski definition) is 1. The topological polar surface area (TPSA) is 33.7 Å². The van der Waals surface area contributed by atoms with Crippen molar-refractivity contribution in [2.24, 2.45) is 5.92 Å². The van der Waals surface area contributed by atoms with Crippen molar-refractivity contribution in [3.8, 4) is 0 Å². The summed E-state index contributed by atoms with van der Waals surface area (Å²) in [4.78, 5) is 0. The molecule has 2 heterocycles. The minimum Gasteiger partial charge on any atom is -0.381 e. The second-order valence-electron chi connectivity index (χ2n) is 10.1. The summed E-state index contributed by atoms with van der Waals surface area (Å²) >= 11 is 3.10. The minimum atomic E-state index is -4.22. The monoisotopic (exact) mass is 610 g/mol. The maximum atomic E-state index is 12.8. The van der Waals surface area contributed by atoms with Crippen LogP contribution in [-0.4, -0.2) is 60.0 Å². The van der Waals surface area contributed by atoms with Crippen LogP contribution in [0.1, 0.15) is 78.2 Å². The van der Waals surface area contributed by atoms with E-state index in [0.29, 0.717) is 18.5 Å². The molecule has 0 saturated carbocycles. The number of alkyl halides is 3. The lowest BCUT2D eigenvalue weighted by atomic mass is 10.1. The molecule has 40 heavy (non-hydrogen) atoms. The third-order valence-corrected chi connectivity index (χ3v) is 9.51. The molecule has 1 N–H and O–H groups in total. The second kappa shape index (κ2) is 21.9. The van der Waals surface area contributed by atoms with Crippen molar-refractivity contribution in [1.82, 2.24) is 9.03 Å². The van der Waals surface area contributed by atoms with Crippen LogP contribution < -0.4 is 4.72 Å². The van der Waals surface area contributed by atoms with Crippen LogP contribution >= 0.6 is 23.9 Å². The van der Waals surface area contributed by atoms with Crippen molar-refractivity contribution < 1.29 is 27.0 Å². The third-order valence-electron chi connectivity index (χ3n) is 6.83. The fourth-order valence-electron chi connectivity index (χ4n) is 3.69. The Kier molecular flexibility index (Phi) is 20.4. The Bertz CT molecular complexity index is 755. The van der Waals surface area contributed by atoms with Crippen LogP contribution in [0.3, 0.4) is 0 Å². The summed E-state index contributed by atoms with van der Waals surface area (Å²) < 4.78 is 65.7. The van der Waals surface area contributed by atoms with Gasteiger partial charge in [0.1, 0.15) is 11.9 Å². The number of rotatable bonds is 12. The normalized spacial score (nSPS) is 17.6. The first-order valence-corrected chi connectivity index (χ1v) is 16.2. The number of nitrogens with one attached hydrogen (secondary N) is 1. The maximum absolute atomic E-state index is 12.8. The van der Waals surface area contributed by atoms with E-state index in [0.717, 1.165) is 63.5 Å². The predicted octanol–water partition coefficient (Wildman–Crippen LogP) is 8.83. The molecule has 0 aliphatic carbocycles. The molecule has 1 aromatic carbocycles. The molecule has 1 atom stereocenters. The lowest BCUT2D eigenvalue weighted by molar-refractivity contribution is -0.149. The van der Waals surface area contributed by atoms with E-state index >= 15 is 0 Å². The van der Waals surface area contributed by atoms with Crippen LogP contribution in [-0.2, 0) is 16.0 Å². The van der Waals surface area contributed by atoms with E-state index in [1.165, 1.54) is 43.0 Å². The van der Waals surface area contributed by atoms with Gasteiger partial charge in [0.15, 0.2) is 0 Å². The summed E-state index contributed by atoms with van der Waals surface area (Å²) in [7, 11) is 0. The highest BCUT2D eigenvalue weighted by Gasteiger charge is 2.39. The Labute approximate surface area is 248 Å². The molecule has 0 amide bonds. The zero-order valence-electron chi connectivity index (χ0n) is 24.7. The zero-order valence-corrected chi connectivity index (χ0v) is 26.3. The van der Waals surface area contributed by atoms with E-state index in [1.807, 2.05) is 24.1 Å². The Hall–Kier alpha value is -0.780. The number of ether oxygens (including phenoxy) is 2. The number of nitrogens with zero attached hydrogens (tertiary/aromatic N) is 1. The van der Waals surface area contributed by atoms with E-state index in [9.17, 15) is 17.6 Å². The van der Waals surface area contributed by atoms with Crippen LogP contribution in [0.4, 0.5) is 17.6 Å². The standard InChI is InChI=1S/C14H20FNOS.C10H16F3NOS.C6H14/c1-2-16(18-14-7-9-17-10-8-14)11-12-3-5-13(15)6-4-12;1-2-3-9(10(11,12)13)14-16-8-4-6-15-7-5-8;1-4-6(3)5-2/h3-6,14H,2,7-11H2,1H3;2,8-9,14H,1,3-7H2;6H,4-5H2,1-3H3. The lowest BCUT2D eigenvalue weighted by Crippen LogP contribution is -2.39. The fraction of sp³-hybridized carbons (Fsp3) is 0.733. The van der Waals surface area contributed by atoms with Gasteiger partial charge in [-0.15, -0.1) is 6.58 Å². The Morgan fingerprint density at radius 2 is 1.50 bits per heavy atom. The summed E-state index contributed by atoms with van der Waals surface area (Å²) in [5.41, 5.74) is 1.16. The molecule has 1 aromatic rings. The van der Waals surface area contributed by atoms with E-state index in [1.54, 1.807) is 0 Å². The van der Waals surface area contributed by atoms with Crippen molar-refractivity contribution in [3.63, 3.8) is 0 Å². The van der Waals surface area contributed by atoms with Crippen molar-refractivity contribution in [2.75, 3.05) is 33.0 Å². The van der Waals surface area contributed by atoms with Gasteiger partial charge in [0.05, 0.1) is 0 Å². The van der Waals surface area contributed by atoms with Crippen LogP contribution in [0.5, 0.6) is 0 Å². The first kappa shape index (κ1) is 37.2. The Morgan fingerprint density at radius 1 is 0.975 bits per heavy atom. The van der Waals surface area contributed by atoms with Gasteiger partial charge in [-0.25, -0.2) is 8.70 Å². The molecule has 232 valence electrons. The van der Waals surface area contributed by atoms with Crippen LogP contribution in [0.15, 0.2) is 36.9 Å². The minimum absolute atomic E-state index is 0.0975. The van der Waals surface area contributed by atoms with Gasteiger partial charge >= 0.3 is 6.18 Å². The highest BCUT2D eigenvalue weighted by Crippen LogP contribution is 2.28. The molecular weight excluding hydrogens is 560 g/mol. The van der Waals surface area contributed by atoms with Gasteiger partial charge in [0.25, 0.3) is 0 Å². The summed E-state index contributed by atoms with van der Waals surface area (Å²) in [5.74, 6) is 0.767. The fourth-order valence-corrected chi connectivity index (χ4v) is 5.90. The highest BCUT2D eigenvalue weighted by atomic mass is 32.2. The molecule has 2 aliphatic rings. The van der Waals surface area contributed by atoms with Gasteiger partial charge in [0, 0.05) is 50.0 Å². The first-order valence-electron chi connectivity index (χ1n) is 14.5. The molecule has 0 radical (unpaired) electrons. The van der Waals surface area contributed by atoms with Gasteiger partial charge in [-0.2, -0.15) is 13.2 Å². The SMILES string of the molecule is C=CCC(NSC1CCOCC1)C(F)(F)F.CCC(C)CC.CCN(Cc1ccc(F)cc1)SC1CCOCC1. The van der Waals surface area contributed by atoms with Crippen molar-refractivity contribution in [2.45, 2.75) is 102 Å². The van der Waals surface area contributed by atoms with Gasteiger partial charge < -0.3 is 9.47 Å². The Balaban J connectivity index is 0.000000335. The molecule has 0 spiro atoms. The van der Waals surface area contributed by atoms with Crippen LogP contribution in [0.2, 0.25) is 0 Å². The van der Waals surface area contributed by atoms with Crippen molar-refractivity contribution in [3.05, 3.63) is 48.3 Å². The van der Waals surface area contributed by atoms with E-state index in [4.69, 9.17) is 9.47 Å². The molecule has 2 aliphatic heterocycles. The lowest BCUT2D eigenvalue weighted by Gasteiger charge is -2.28. The molecule has 10 heteroatoms. The van der Waals surface area contributed by atoms with Crippen LogP contribution in [0, 0.1) is 11.7 Å². The summed E-state index contributed by atoms with van der Waals surface area (Å²) in [6.45, 7) is 17.1. The molecule has 0 bridgehead atoms. The molecule has 2 fully saturated rings. The van der Waals surface area contributed by atoms with Gasteiger partial charge in [-0.1, -0.05) is 82.6 Å². The van der Waals surface area contributed by atoms with Crippen molar-refractivity contribution >= 4 is 23.9 Å². The van der Waals surface area contributed by atoms with E-state index in [2.05, 4.69) is 43.3 Å². The largest absolute Gasteiger partial charge is 0.404 e. The average Bonchev–Trinajstić information content (AvgIpc) is 2.96. The molecular formula is C30H50F4N2O2S2. The molecule has 1 unspecified atom stereocenters. The number of hydrogen-bond acceptors (Lipinski definition) is 6. The van der Waals surface area contributed by atoms with Crippen molar-refractivity contribution in [1.29, 1.82) is 0 Å². The average molecular weight is 611 g/mol. The first-order chi connectivity index (χ1) is 19.1. The van der Waals surface area contributed by atoms with Crippen LogP contribution in [0.25, 0.3) is 0 Å². The number of halogens is 4. The third kappa shape index (κ3) is 17.2. The van der Waals surface area contributed by atoms with Gasteiger partial charge in [-0.3, -0.25) is 4.72 Å². The van der Waals surface area contributed by atoms with Gasteiger partial charge in [0.2, 0.25) is 0 Å². The molecule has 0 aromatic heterocycles. The second-order valence-corrected chi connectivity index (χ2v) is 12.6. The summed E-state index contributed by atoms with van der Waals surface area (Å²) in [5, 5.41) is 0.877. The Morgan fingerprint density at radius 3 is 1.93 bits per heavy atom. The highest BCUT2D eigenvalue weighted by molar-refractivity contribution is 7.98. The number of benzene rings is 1. The van der Waals surface area contributed by atoms with E-state index < -0.39 is 12.2 Å². The zero-order chi connectivity index (χ0) is 29.8. The smallest absolute Gasteiger partial charge is 0.381 e. The quantitative estimate of drug-likeness (QED) is 0.145. The molecule has 4 nitrogen and oxygen atoms in total. The van der Waals surface area contributed by atoms with E-state index in [-0.39, 0.29) is 17.5 Å². The summed E-state index contributed by atoms with van der Waals surface area (Å²) in [6, 6.07) is 5.29. The molecule has 2 saturated heterocycles. The maximum Gasteiger partial charge on any atom is 0.404 e. The molecule has 3 rings (SSSR count). The van der Waals surface area contributed by atoms with Gasteiger partial charge in [-0.05, 0) is 55.7 Å². The predicted molar refractivity (Wildman–Crippen MR) is 163 cm³/mol.